The van der Waals surface area contributed by atoms with Crippen molar-refractivity contribution in [2.24, 2.45) is 10.7 Å². The first-order valence-corrected chi connectivity index (χ1v) is 5.39. The molecule has 0 saturated carbocycles. The van der Waals surface area contributed by atoms with Crippen molar-refractivity contribution in [3.05, 3.63) is 11.6 Å². The average molecular weight is 195 g/mol. The van der Waals surface area contributed by atoms with Crippen LogP contribution in [0.25, 0.3) is 0 Å². The van der Waals surface area contributed by atoms with E-state index in [-0.39, 0.29) is 6.04 Å². The van der Waals surface area contributed by atoms with Gasteiger partial charge in [0.2, 0.25) is 0 Å². The number of hydrogen-bond acceptors (Lipinski definition) is 3. The summed E-state index contributed by atoms with van der Waals surface area (Å²) in [5, 5.41) is 3.25. The molecule has 0 radical (unpaired) electrons. The van der Waals surface area contributed by atoms with E-state index in [9.17, 15) is 0 Å². The molecule has 3 heteroatoms. The van der Waals surface area contributed by atoms with Gasteiger partial charge in [0.25, 0.3) is 0 Å². The Bertz CT molecular complexity index is 231. The van der Waals surface area contributed by atoms with Gasteiger partial charge < -0.3 is 11.1 Å². The number of hydrogen-bond donors (Lipinski definition) is 2. The minimum Gasteiger partial charge on any atom is -0.327 e. The molecule has 1 rings (SSSR count). The van der Waals surface area contributed by atoms with Gasteiger partial charge in [-0.25, -0.2) is 0 Å². The van der Waals surface area contributed by atoms with Crippen molar-refractivity contribution in [1.29, 1.82) is 0 Å². The Morgan fingerprint density at radius 1 is 1.57 bits per heavy atom. The molecule has 0 saturated heterocycles. The molecule has 0 spiro atoms. The highest BCUT2D eigenvalue weighted by Gasteiger charge is 2.12. The van der Waals surface area contributed by atoms with Gasteiger partial charge in [0.1, 0.15) is 0 Å². The maximum absolute atomic E-state index is 5.91. The van der Waals surface area contributed by atoms with E-state index in [0.717, 1.165) is 32.5 Å². The van der Waals surface area contributed by atoms with Gasteiger partial charge in [-0.2, -0.15) is 0 Å². The summed E-state index contributed by atoms with van der Waals surface area (Å²) in [7, 11) is 0. The SMILES string of the molecule is CCNCCN=C1C=C(C)CC(N)C1. The summed E-state index contributed by atoms with van der Waals surface area (Å²) in [6.07, 6.45) is 4.13. The lowest BCUT2D eigenvalue weighted by molar-refractivity contribution is 0.673. The molecule has 14 heavy (non-hydrogen) atoms. The molecule has 0 heterocycles. The molecule has 0 aromatic carbocycles. The van der Waals surface area contributed by atoms with Crippen molar-refractivity contribution < 1.29 is 0 Å². The van der Waals surface area contributed by atoms with Gasteiger partial charge in [0, 0.05) is 24.7 Å². The molecule has 1 unspecified atom stereocenters. The first-order valence-electron chi connectivity index (χ1n) is 5.39. The maximum atomic E-state index is 5.91. The van der Waals surface area contributed by atoms with Crippen LogP contribution in [0.2, 0.25) is 0 Å². The van der Waals surface area contributed by atoms with Crippen molar-refractivity contribution in [2.45, 2.75) is 32.7 Å². The number of allylic oxidation sites excluding steroid dienone is 1. The minimum absolute atomic E-state index is 0.276. The van der Waals surface area contributed by atoms with E-state index in [2.05, 4.69) is 30.2 Å². The predicted octanol–water partition coefficient (Wildman–Crippen LogP) is 1.10. The van der Waals surface area contributed by atoms with Crippen molar-refractivity contribution in [2.75, 3.05) is 19.6 Å². The zero-order valence-corrected chi connectivity index (χ0v) is 9.21. The number of nitrogens with two attached hydrogens (primary N) is 1. The molecule has 1 aliphatic rings. The summed E-state index contributed by atoms with van der Waals surface area (Å²) in [6.45, 7) is 7.06. The quantitative estimate of drug-likeness (QED) is 0.660. The van der Waals surface area contributed by atoms with Gasteiger partial charge in [-0.05, 0) is 26.0 Å². The van der Waals surface area contributed by atoms with Crippen molar-refractivity contribution >= 4 is 5.71 Å². The fourth-order valence-electron chi connectivity index (χ4n) is 1.72. The second-order valence-electron chi connectivity index (χ2n) is 3.89. The van der Waals surface area contributed by atoms with Crippen LogP contribution in [0.1, 0.15) is 26.7 Å². The predicted molar refractivity (Wildman–Crippen MR) is 61.8 cm³/mol. The highest BCUT2D eigenvalue weighted by atomic mass is 14.9. The Balaban J connectivity index is 2.39. The first-order chi connectivity index (χ1) is 6.72. The van der Waals surface area contributed by atoms with E-state index in [1.165, 1.54) is 11.3 Å². The standard InChI is InChI=1S/C11H21N3/c1-3-13-4-5-14-11-7-9(2)6-10(12)8-11/h7,10,13H,3-6,8,12H2,1-2H3. The smallest absolute Gasteiger partial charge is 0.0517 e. The fraction of sp³-hybridized carbons (Fsp3) is 0.727. The molecule has 80 valence electrons. The number of aliphatic imine (C=N–C) groups is 1. The Morgan fingerprint density at radius 3 is 3.00 bits per heavy atom. The number of rotatable bonds is 4. The van der Waals surface area contributed by atoms with Crippen LogP contribution in [-0.2, 0) is 0 Å². The van der Waals surface area contributed by atoms with E-state index < -0.39 is 0 Å². The molecule has 1 atom stereocenters. The Morgan fingerprint density at radius 2 is 2.36 bits per heavy atom. The number of nitrogens with zero attached hydrogens (tertiary/aromatic N) is 1. The summed E-state index contributed by atoms with van der Waals surface area (Å²) in [5.74, 6) is 0. The lowest BCUT2D eigenvalue weighted by Crippen LogP contribution is -2.27. The topological polar surface area (TPSA) is 50.4 Å². The van der Waals surface area contributed by atoms with Crippen molar-refractivity contribution in [3.8, 4) is 0 Å². The summed E-state index contributed by atoms with van der Waals surface area (Å²) in [6, 6.07) is 0.276. The van der Waals surface area contributed by atoms with Crippen LogP contribution in [-0.4, -0.2) is 31.4 Å². The summed E-state index contributed by atoms with van der Waals surface area (Å²) in [5.41, 5.74) is 8.43. The Kier molecular flexibility index (Phi) is 4.84. The van der Waals surface area contributed by atoms with Gasteiger partial charge in [-0.3, -0.25) is 4.99 Å². The maximum Gasteiger partial charge on any atom is 0.0517 e. The van der Waals surface area contributed by atoms with Crippen LogP contribution >= 0.6 is 0 Å². The molecular formula is C11H21N3. The van der Waals surface area contributed by atoms with E-state index in [1.807, 2.05) is 0 Å². The molecular weight excluding hydrogens is 174 g/mol. The van der Waals surface area contributed by atoms with Gasteiger partial charge >= 0.3 is 0 Å². The lowest BCUT2D eigenvalue weighted by Gasteiger charge is -2.18. The first kappa shape index (κ1) is 11.4. The molecule has 0 aromatic heterocycles. The Hall–Kier alpha value is -0.670. The summed E-state index contributed by atoms with van der Waals surface area (Å²) >= 11 is 0. The number of nitrogens with one attached hydrogen (secondary N) is 1. The average Bonchev–Trinajstić information content (AvgIpc) is 2.11. The van der Waals surface area contributed by atoms with Crippen LogP contribution in [0, 0.1) is 0 Å². The van der Waals surface area contributed by atoms with Gasteiger partial charge in [0.05, 0.1) is 6.54 Å². The molecule has 0 aliphatic heterocycles. The number of likely N-dealkylation sites (N-methyl/N-ethyl adjacent to an activating group) is 1. The lowest BCUT2D eigenvalue weighted by atomic mass is 9.95. The molecule has 1 aliphatic carbocycles. The second kappa shape index (κ2) is 5.94. The second-order valence-corrected chi connectivity index (χ2v) is 3.89. The van der Waals surface area contributed by atoms with E-state index in [1.54, 1.807) is 0 Å². The normalized spacial score (nSPS) is 25.2. The van der Waals surface area contributed by atoms with E-state index in [0.29, 0.717) is 0 Å². The third-order valence-electron chi connectivity index (χ3n) is 2.32. The van der Waals surface area contributed by atoms with Gasteiger partial charge in [-0.15, -0.1) is 0 Å². The van der Waals surface area contributed by atoms with Crippen molar-refractivity contribution in [3.63, 3.8) is 0 Å². The third kappa shape index (κ3) is 4.03. The Labute approximate surface area is 86.5 Å². The fourth-order valence-corrected chi connectivity index (χ4v) is 1.72. The van der Waals surface area contributed by atoms with Crippen LogP contribution in [0.3, 0.4) is 0 Å². The van der Waals surface area contributed by atoms with Crippen LogP contribution in [0.4, 0.5) is 0 Å². The minimum atomic E-state index is 0.276. The highest BCUT2D eigenvalue weighted by molar-refractivity contribution is 5.96. The summed E-state index contributed by atoms with van der Waals surface area (Å²) in [4.78, 5) is 4.52. The largest absolute Gasteiger partial charge is 0.327 e. The van der Waals surface area contributed by atoms with Gasteiger partial charge in [0.15, 0.2) is 0 Å². The molecule has 0 bridgehead atoms. The zero-order chi connectivity index (χ0) is 10.4. The summed E-state index contributed by atoms with van der Waals surface area (Å²) < 4.78 is 0. The van der Waals surface area contributed by atoms with E-state index in [4.69, 9.17) is 5.73 Å². The molecule has 0 amide bonds. The molecule has 0 aromatic rings. The third-order valence-corrected chi connectivity index (χ3v) is 2.32. The molecule has 3 nitrogen and oxygen atoms in total. The van der Waals surface area contributed by atoms with Crippen LogP contribution in [0.15, 0.2) is 16.6 Å². The monoisotopic (exact) mass is 195 g/mol. The van der Waals surface area contributed by atoms with Crippen LogP contribution < -0.4 is 11.1 Å². The van der Waals surface area contributed by atoms with Crippen LogP contribution in [0.5, 0.6) is 0 Å². The van der Waals surface area contributed by atoms with E-state index >= 15 is 0 Å². The van der Waals surface area contributed by atoms with Crippen molar-refractivity contribution in [1.82, 2.24) is 5.32 Å². The highest BCUT2D eigenvalue weighted by Crippen LogP contribution is 2.14. The molecule has 0 fully saturated rings. The van der Waals surface area contributed by atoms with Gasteiger partial charge in [-0.1, -0.05) is 12.5 Å². The zero-order valence-electron chi connectivity index (χ0n) is 9.21. The molecule has 3 N–H and O–H groups in total.